The van der Waals surface area contributed by atoms with E-state index in [4.69, 9.17) is 11.6 Å². The molecule has 2 heterocycles. The Kier molecular flexibility index (Phi) is 4.90. The van der Waals surface area contributed by atoms with Crippen LogP contribution < -0.4 is 5.43 Å². The van der Waals surface area contributed by atoms with Crippen molar-refractivity contribution in [1.82, 2.24) is 20.2 Å². The molecule has 7 heteroatoms. The minimum Gasteiger partial charge on any atom is -0.267 e. The normalized spacial score (nSPS) is 11.0. The third-order valence-corrected chi connectivity index (χ3v) is 3.95. The van der Waals surface area contributed by atoms with Crippen LogP contribution in [0.5, 0.6) is 0 Å². The van der Waals surface area contributed by atoms with E-state index in [1.165, 1.54) is 12.4 Å². The number of carbonyl (C=O) groups is 1. The molecule has 0 saturated heterocycles. The first-order chi connectivity index (χ1) is 12.1. The Labute approximate surface area is 150 Å². The molecule has 0 aliphatic heterocycles. The molecule has 0 bridgehead atoms. The summed E-state index contributed by atoms with van der Waals surface area (Å²) in [4.78, 5) is 16.1. The Hall–Kier alpha value is -2.99. The first-order valence-electron chi connectivity index (χ1n) is 7.63. The summed E-state index contributed by atoms with van der Waals surface area (Å²) < 4.78 is 1.63. The summed E-state index contributed by atoms with van der Waals surface area (Å²) in [5, 5.41) is 8.83. The predicted molar refractivity (Wildman–Crippen MR) is 97.3 cm³/mol. The number of aryl methyl sites for hydroxylation is 2. The van der Waals surface area contributed by atoms with Gasteiger partial charge in [-0.25, -0.2) is 10.1 Å². The molecule has 0 saturated carbocycles. The molecule has 1 N–H and O–H groups in total. The lowest BCUT2D eigenvalue weighted by atomic mass is 10.2. The SMILES string of the molecule is Cc1ccc(C(=O)N/N=C/c2c(C)nn(-c3ccccc3)c2Cl)cn1. The van der Waals surface area contributed by atoms with Crippen molar-refractivity contribution in [3.8, 4) is 5.69 Å². The summed E-state index contributed by atoms with van der Waals surface area (Å²) in [5.74, 6) is -0.340. The van der Waals surface area contributed by atoms with Crippen LogP contribution in [0.3, 0.4) is 0 Å². The van der Waals surface area contributed by atoms with Gasteiger partial charge in [0.25, 0.3) is 5.91 Å². The van der Waals surface area contributed by atoms with Crippen molar-refractivity contribution in [2.75, 3.05) is 0 Å². The molecule has 25 heavy (non-hydrogen) atoms. The van der Waals surface area contributed by atoms with Gasteiger partial charge >= 0.3 is 0 Å². The molecule has 0 aliphatic carbocycles. The number of benzene rings is 1. The highest BCUT2D eigenvalue weighted by molar-refractivity contribution is 6.32. The largest absolute Gasteiger partial charge is 0.272 e. The van der Waals surface area contributed by atoms with E-state index >= 15 is 0 Å². The molecule has 0 spiro atoms. The number of hydrazone groups is 1. The van der Waals surface area contributed by atoms with Gasteiger partial charge in [0.05, 0.1) is 28.7 Å². The van der Waals surface area contributed by atoms with Crippen LogP contribution in [0, 0.1) is 13.8 Å². The number of aromatic nitrogens is 3. The number of rotatable bonds is 4. The first kappa shape index (κ1) is 16.9. The van der Waals surface area contributed by atoms with Gasteiger partial charge in [0, 0.05) is 11.9 Å². The Morgan fingerprint density at radius 1 is 1.20 bits per heavy atom. The zero-order chi connectivity index (χ0) is 17.8. The standard InChI is InChI=1S/C18H16ClN5O/c1-12-8-9-14(10-20-12)18(25)22-21-11-16-13(2)23-24(17(16)19)15-6-4-3-5-7-15/h3-11H,1-2H3,(H,22,25)/b21-11+. The number of hydrogen-bond donors (Lipinski definition) is 1. The van der Waals surface area contributed by atoms with Gasteiger partial charge < -0.3 is 0 Å². The molecular formula is C18H16ClN5O. The number of nitrogens with zero attached hydrogens (tertiary/aromatic N) is 4. The minimum absolute atomic E-state index is 0.340. The van der Waals surface area contributed by atoms with E-state index in [0.29, 0.717) is 22.0 Å². The number of nitrogens with one attached hydrogen (secondary N) is 1. The lowest BCUT2D eigenvalue weighted by molar-refractivity contribution is 0.0955. The van der Waals surface area contributed by atoms with Crippen LogP contribution in [-0.4, -0.2) is 26.9 Å². The quantitative estimate of drug-likeness (QED) is 0.577. The molecule has 6 nitrogen and oxygen atoms in total. The average molecular weight is 354 g/mol. The Balaban J connectivity index is 1.77. The molecule has 0 aliphatic rings. The second kappa shape index (κ2) is 7.27. The van der Waals surface area contributed by atoms with Crippen molar-refractivity contribution in [2.45, 2.75) is 13.8 Å². The summed E-state index contributed by atoms with van der Waals surface area (Å²) in [6.07, 6.45) is 3.00. The highest BCUT2D eigenvalue weighted by atomic mass is 35.5. The van der Waals surface area contributed by atoms with Crippen molar-refractivity contribution in [2.24, 2.45) is 5.10 Å². The molecule has 0 unspecified atom stereocenters. The Morgan fingerprint density at radius 3 is 2.64 bits per heavy atom. The maximum Gasteiger partial charge on any atom is 0.272 e. The number of halogens is 1. The molecule has 0 radical (unpaired) electrons. The van der Waals surface area contributed by atoms with E-state index in [-0.39, 0.29) is 5.91 Å². The van der Waals surface area contributed by atoms with Crippen molar-refractivity contribution < 1.29 is 4.79 Å². The average Bonchev–Trinajstić information content (AvgIpc) is 2.91. The van der Waals surface area contributed by atoms with Gasteiger partial charge in [0.2, 0.25) is 0 Å². The number of carbonyl (C=O) groups excluding carboxylic acids is 1. The van der Waals surface area contributed by atoms with Crippen LogP contribution in [0.25, 0.3) is 5.69 Å². The lowest BCUT2D eigenvalue weighted by Crippen LogP contribution is -2.17. The van der Waals surface area contributed by atoms with Crippen molar-refractivity contribution >= 4 is 23.7 Å². The predicted octanol–water partition coefficient (Wildman–Crippen LogP) is 3.30. The second-order valence-electron chi connectivity index (χ2n) is 5.42. The van der Waals surface area contributed by atoms with Gasteiger partial charge in [-0.15, -0.1) is 0 Å². The highest BCUT2D eigenvalue weighted by Crippen LogP contribution is 2.21. The smallest absolute Gasteiger partial charge is 0.267 e. The molecule has 0 atom stereocenters. The monoisotopic (exact) mass is 353 g/mol. The topological polar surface area (TPSA) is 72.2 Å². The van der Waals surface area contributed by atoms with E-state index in [9.17, 15) is 4.79 Å². The van der Waals surface area contributed by atoms with E-state index in [1.54, 1.807) is 16.8 Å². The fraction of sp³-hybridized carbons (Fsp3) is 0.111. The zero-order valence-corrected chi connectivity index (χ0v) is 14.5. The number of pyridine rings is 1. The van der Waals surface area contributed by atoms with Crippen LogP contribution in [0.2, 0.25) is 5.15 Å². The molecule has 0 fully saturated rings. The van der Waals surface area contributed by atoms with Gasteiger partial charge in [-0.2, -0.15) is 10.2 Å². The van der Waals surface area contributed by atoms with Gasteiger partial charge in [-0.05, 0) is 38.1 Å². The molecule has 1 amide bonds. The van der Waals surface area contributed by atoms with E-state index in [2.05, 4.69) is 20.6 Å². The maximum absolute atomic E-state index is 12.0. The maximum atomic E-state index is 12.0. The Bertz CT molecular complexity index is 917. The van der Waals surface area contributed by atoms with Crippen molar-refractivity contribution in [1.29, 1.82) is 0 Å². The van der Waals surface area contributed by atoms with Crippen molar-refractivity contribution in [3.63, 3.8) is 0 Å². The van der Waals surface area contributed by atoms with Gasteiger partial charge in [-0.3, -0.25) is 9.78 Å². The van der Waals surface area contributed by atoms with Gasteiger partial charge in [0.15, 0.2) is 0 Å². The third-order valence-electron chi connectivity index (χ3n) is 3.58. The Morgan fingerprint density at radius 2 is 1.96 bits per heavy atom. The van der Waals surface area contributed by atoms with Crippen LogP contribution in [0.1, 0.15) is 27.3 Å². The number of hydrogen-bond acceptors (Lipinski definition) is 4. The van der Waals surface area contributed by atoms with Crippen LogP contribution >= 0.6 is 11.6 Å². The summed E-state index contributed by atoms with van der Waals surface area (Å²) in [6, 6.07) is 13.0. The lowest BCUT2D eigenvalue weighted by Gasteiger charge is -2.02. The molecular weight excluding hydrogens is 338 g/mol. The molecule has 3 aromatic rings. The number of para-hydroxylation sites is 1. The summed E-state index contributed by atoms with van der Waals surface area (Å²) in [6.45, 7) is 3.69. The van der Waals surface area contributed by atoms with E-state index in [1.807, 2.05) is 44.2 Å². The van der Waals surface area contributed by atoms with Gasteiger partial charge in [-0.1, -0.05) is 29.8 Å². The van der Waals surface area contributed by atoms with Crippen molar-refractivity contribution in [3.05, 3.63) is 76.3 Å². The molecule has 126 valence electrons. The van der Waals surface area contributed by atoms with Crippen LogP contribution in [0.15, 0.2) is 53.8 Å². The first-order valence-corrected chi connectivity index (χ1v) is 8.00. The zero-order valence-electron chi connectivity index (χ0n) is 13.8. The minimum atomic E-state index is -0.340. The van der Waals surface area contributed by atoms with Crippen LogP contribution in [0.4, 0.5) is 0 Å². The molecule has 2 aromatic heterocycles. The second-order valence-corrected chi connectivity index (χ2v) is 5.78. The fourth-order valence-corrected chi connectivity index (χ4v) is 2.54. The molecule has 3 rings (SSSR count). The van der Waals surface area contributed by atoms with Crippen LogP contribution in [-0.2, 0) is 0 Å². The van der Waals surface area contributed by atoms with E-state index in [0.717, 1.165) is 11.4 Å². The summed E-state index contributed by atoms with van der Waals surface area (Å²) in [5.41, 5.74) is 5.95. The van der Waals surface area contributed by atoms with Gasteiger partial charge in [0.1, 0.15) is 5.15 Å². The summed E-state index contributed by atoms with van der Waals surface area (Å²) >= 11 is 6.40. The molecule has 1 aromatic carbocycles. The fourth-order valence-electron chi connectivity index (χ4n) is 2.22. The van der Waals surface area contributed by atoms with E-state index < -0.39 is 0 Å². The number of amides is 1. The third kappa shape index (κ3) is 3.75. The highest BCUT2D eigenvalue weighted by Gasteiger charge is 2.13. The summed E-state index contributed by atoms with van der Waals surface area (Å²) in [7, 11) is 0.